The van der Waals surface area contributed by atoms with Gasteiger partial charge in [-0.15, -0.1) is 0 Å². The molecule has 5 nitrogen and oxygen atoms in total. The number of nitrogens with zero attached hydrogens (tertiary/aromatic N) is 1. The van der Waals surface area contributed by atoms with Crippen LogP contribution in [0.4, 0.5) is 0 Å². The third-order valence-electron chi connectivity index (χ3n) is 3.31. The molecule has 106 valence electrons. The number of rotatable bonds is 5. The Morgan fingerprint density at radius 1 is 1.30 bits per heavy atom. The Labute approximate surface area is 117 Å². The number of aromatic nitrogens is 1. The van der Waals surface area contributed by atoms with E-state index in [-0.39, 0.29) is 18.3 Å². The van der Waals surface area contributed by atoms with Gasteiger partial charge in [-0.3, -0.25) is 9.59 Å². The van der Waals surface area contributed by atoms with Gasteiger partial charge >= 0.3 is 5.97 Å². The number of ether oxygens (including phenoxy) is 1. The van der Waals surface area contributed by atoms with E-state index < -0.39 is 0 Å². The van der Waals surface area contributed by atoms with E-state index in [0.717, 1.165) is 10.9 Å². The molecule has 1 N–H and O–H groups in total. The standard InChI is InChI=1S/C15H18N2O3/c1-3-17(10-8-14(18)20-2)15(19)12-5-4-6-13-11(12)7-9-16-13/h4-7,9,16H,3,8,10H2,1-2H3. The highest BCUT2D eigenvalue weighted by atomic mass is 16.5. The molecule has 2 aromatic rings. The van der Waals surface area contributed by atoms with Gasteiger partial charge in [0.25, 0.3) is 5.91 Å². The van der Waals surface area contributed by atoms with E-state index in [1.165, 1.54) is 7.11 Å². The Hall–Kier alpha value is -2.30. The van der Waals surface area contributed by atoms with Gasteiger partial charge in [0.2, 0.25) is 0 Å². The predicted molar refractivity (Wildman–Crippen MR) is 76.5 cm³/mol. The molecule has 1 aromatic heterocycles. The number of amides is 1. The second-order valence-corrected chi connectivity index (χ2v) is 4.46. The zero-order valence-corrected chi connectivity index (χ0v) is 11.7. The van der Waals surface area contributed by atoms with E-state index in [1.807, 2.05) is 31.3 Å². The Morgan fingerprint density at radius 2 is 2.10 bits per heavy atom. The molecule has 0 fully saturated rings. The smallest absolute Gasteiger partial charge is 0.307 e. The Kier molecular flexibility index (Phi) is 4.40. The molecule has 0 saturated heterocycles. The number of nitrogens with one attached hydrogen (secondary N) is 1. The molecule has 0 spiro atoms. The Balaban J connectivity index is 2.20. The molecule has 2 rings (SSSR count). The van der Waals surface area contributed by atoms with Gasteiger partial charge in [-0.2, -0.15) is 0 Å². The van der Waals surface area contributed by atoms with Crippen molar-refractivity contribution in [2.24, 2.45) is 0 Å². The van der Waals surface area contributed by atoms with Crippen molar-refractivity contribution < 1.29 is 14.3 Å². The van der Waals surface area contributed by atoms with Crippen molar-refractivity contribution in [3.05, 3.63) is 36.0 Å². The predicted octanol–water partition coefficient (Wildman–Crippen LogP) is 2.19. The van der Waals surface area contributed by atoms with Gasteiger partial charge in [-0.05, 0) is 25.1 Å². The first-order valence-electron chi connectivity index (χ1n) is 6.59. The molecule has 0 bridgehead atoms. The lowest BCUT2D eigenvalue weighted by Crippen LogP contribution is -2.33. The van der Waals surface area contributed by atoms with E-state index in [9.17, 15) is 9.59 Å². The summed E-state index contributed by atoms with van der Waals surface area (Å²) in [5, 5.41) is 0.897. The zero-order chi connectivity index (χ0) is 14.5. The summed E-state index contributed by atoms with van der Waals surface area (Å²) in [6.07, 6.45) is 2.02. The molecule has 0 atom stereocenters. The number of hydrogen-bond acceptors (Lipinski definition) is 3. The fourth-order valence-electron chi connectivity index (χ4n) is 2.17. The number of carbonyl (C=O) groups excluding carboxylic acids is 2. The maximum absolute atomic E-state index is 12.5. The molecular formula is C15H18N2O3. The fourth-order valence-corrected chi connectivity index (χ4v) is 2.17. The SMILES string of the molecule is CCN(CCC(=O)OC)C(=O)c1cccc2[nH]ccc12. The maximum Gasteiger partial charge on any atom is 0.307 e. The highest BCUT2D eigenvalue weighted by Gasteiger charge is 2.17. The Bertz CT molecular complexity index is 618. The number of aromatic amines is 1. The number of fused-ring (bicyclic) bond motifs is 1. The highest BCUT2D eigenvalue weighted by molar-refractivity contribution is 6.06. The minimum absolute atomic E-state index is 0.0680. The zero-order valence-electron chi connectivity index (χ0n) is 11.7. The molecule has 1 heterocycles. The first kappa shape index (κ1) is 14.1. The summed E-state index contributed by atoms with van der Waals surface area (Å²) >= 11 is 0. The molecule has 1 aromatic carbocycles. The van der Waals surface area contributed by atoms with Crippen LogP contribution < -0.4 is 0 Å². The van der Waals surface area contributed by atoms with Crippen LogP contribution in [-0.4, -0.2) is 42.0 Å². The summed E-state index contributed by atoms with van der Waals surface area (Å²) in [6.45, 7) is 2.81. The van der Waals surface area contributed by atoms with Gasteiger partial charge in [0.05, 0.1) is 13.5 Å². The van der Waals surface area contributed by atoms with Crippen LogP contribution >= 0.6 is 0 Å². The van der Waals surface area contributed by atoms with Crippen LogP contribution in [0.25, 0.3) is 10.9 Å². The second kappa shape index (κ2) is 6.23. The lowest BCUT2D eigenvalue weighted by atomic mass is 10.1. The van der Waals surface area contributed by atoms with Crippen molar-refractivity contribution in [3.63, 3.8) is 0 Å². The number of benzene rings is 1. The van der Waals surface area contributed by atoms with Crippen LogP contribution in [0, 0.1) is 0 Å². The molecule has 0 aliphatic rings. The van der Waals surface area contributed by atoms with E-state index in [2.05, 4.69) is 9.72 Å². The molecule has 0 aliphatic carbocycles. The van der Waals surface area contributed by atoms with Gasteiger partial charge in [-0.1, -0.05) is 6.07 Å². The molecule has 20 heavy (non-hydrogen) atoms. The summed E-state index contributed by atoms with van der Waals surface area (Å²) in [5.74, 6) is -0.377. The van der Waals surface area contributed by atoms with Gasteiger partial charge in [0.1, 0.15) is 0 Å². The normalized spacial score (nSPS) is 10.5. The lowest BCUT2D eigenvalue weighted by Gasteiger charge is -2.20. The van der Waals surface area contributed by atoms with E-state index in [4.69, 9.17) is 0 Å². The van der Waals surface area contributed by atoms with Gasteiger partial charge in [0, 0.05) is 35.8 Å². The van der Waals surface area contributed by atoms with Crippen LogP contribution in [-0.2, 0) is 9.53 Å². The van der Waals surface area contributed by atoms with Crippen molar-refractivity contribution in [1.82, 2.24) is 9.88 Å². The minimum Gasteiger partial charge on any atom is -0.469 e. The molecule has 0 saturated carbocycles. The van der Waals surface area contributed by atoms with Crippen LogP contribution in [0.5, 0.6) is 0 Å². The quantitative estimate of drug-likeness (QED) is 0.850. The van der Waals surface area contributed by atoms with Crippen LogP contribution in [0.15, 0.2) is 30.5 Å². The fraction of sp³-hybridized carbons (Fsp3) is 0.333. The number of H-pyrrole nitrogens is 1. The van der Waals surface area contributed by atoms with E-state index >= 15 is 0 Å². The van der Waals surface area contributed by atoms with Crippen LogP contribution in [0.2, 0.25) is 0 Å². The third-order valence-corrected chi connectivity index (χ3v) is 3.31. The average Bonchev–Trinajstić information content (AvgIpc) is 2.95. The van der Waals surface area contributed by atoms with Gasteiger partial charge < -0.3 is 14.6 Å². The molecule has 0 unspecified atom stereocenters. The lowest BCUT2D eigenvalue weighted by molar-refractivity contribution is -0.140. The maximum atomic E-state index is 12.5. The van der Waals surface area contributed by atoms with E-state index in [0.29, 0.717) is 18.7 Å². The number of methoxy groups -OCH3 is 1. The largest absolute Gasteiger partial charge is 0.469 e. The van der Waals surface area contributed by atoms with Crippen LogP contribution in [0.1, 0.15) is 23.7 Å². The first-order chi connectivity index (χ1) is 9.67. The molecule has 0 aliphatic heterocycles. The third kappa shape index (κ3) is 2.82. The molecular weight excluding hydrogens is 256 g/mol. The summed E-state index contributed by atoms with van der Waals surface area (Å²) in [6, 6.07) is 7.47. The summed E-state index contributed by atoms with van der Waals surface area (Å²) < 4.78 is 4.61. The molecule has 0 radical (unpaired) electrons. The average molecular weight is 274 g/mol. The van der Waals surface area contributed by atoms with Crippen molar-refractivity contribution >= 4 is 22.8 Å². The van der Waals surface area contributed by atoms with Crippen LogP contribution in [0.3, 0.4) is 0 Å². The van der Waals surface area contributed by atoms with Crippen molar-refractivity contribution in [3.8, 4) is 0 Å². The Morgan fingerprint density at radius 3 is 2.80 bits per heavy atom. The van der Waals surface area contributed by atoms with Crippen molar-refractivity contribution in [1.29, 1.82) is 0 Å². The minimum atomic E-state index is -0.309. The van der Waals surface area contributed by atoms with E-state index in [1.54, 1.807) is 11.0 Å². The first-order valence-corrected chi connectivity index (χ1v) is 6.59. The van der Waals surface area contributed by atoms with Crippen molar-refractivity contribution in [2.45, 2.75) is 13.3 Å². The topological polar surface area (TPSA) is 62.4 Å². The van der Waals surface area contributed by atoms with Crippen molar-refractivity contribution in [2.75, 3.05) is 20.2 Å². The molecule has 5 heteroatoms. The summed E-state index contributed by atoms with van der Waals surface area (Å²) in [7, 11) is 1.35. The number of hydrogen-bond donors (Lipinski definition) is 1. The molecule has 1 amide bonds. The number of carbonyl (C=O) groups is 2. The van der Waals surface area contributed by atoms with Gasteiger partial charge in [0.15, 0.2) is 0 Å². The summed E-state index contributed by atoms with van der Waals surface area (Å²) in [5.41, 5.74) is 1.58. The van der Waals surface area contributed by atoms with Gasteiger partial charge in [-0.25, -0.2) is 0 Å². The monoisotopic (exact) mass is 274 g/mol. The highest BCUT2D eigenvalue weighted by Crippen LogP contribution is 2.19. The summed E-state index contributed by atoms with van der Waals surface area (Å²) in [4.78, 5) is 28.5. The second-order valence-electron chi connectivity index (χ2n) is 4.46. The number of esters is 1.